The Balaban J connectivity index is 1.88. The van der Waals surface area contributed by atoms with Gasteiger partial charge in [0.05, 0.1) is 29.7 Å². The zero-order valence-electron chi connectivity index (χ0n) is 14.4. The van der Waals surface area contributed by atoms with Gasteiger partial charge in [0.15, 0.2) is 0 Å². The Hall–Kier alpha value is -2.50. The summed E-state index contributed by atoms with van der Waals surface area (Å²) < 4.78 is 10.1. The van der Waals surface area contributed by atoms with E-state index in [1.165, 1.54) is 20.0 Å². The van der Waals surface area contributed by atoms with Gasteiger partial charge in [-0.2, -0.15) is 0 Å². The lowest BCUT2D eigenvalue weighted by molar-refractivity contribution is 0.0601. The summed E-state index contributed by atoms with van der Waals surface area (Å²) in [6.45, 7) is 6.52. The second-order valence-corrected chi connectivity index (χ2v) is 6.07. The number of ether oxygens (including phenoxy) is 1. The minimum atomic E-state index is -0.330. The first-order valence-corrected chi connectivity index (χ1v) is 8.23. The molecule has 1 aliphatic rings. The van der Waals surface area contributed by atoms with Gasteiger partial charge >= 0.3 is 5.97 Å². The molecule has 0 bridgehead atoms. The molecule has 6 heteroatoms. The lowest BCUT2D eigenvalue weighted by Crippen LogP contribution is -2.20. The van der Waals surface area contributed by atoms with Gasteiger partial charge in [0.2, 0.25) is 0 Å². The van der Waals surface area contributed by atoms with Crippen LogP contribution in [0, 0.1) is 13.8 Å². The number of rotatable bonds is 5. The quantitative estimate of drug-likeness (QED) is 0.849. The Morgan fingerprint density at radius 3 is 2.71 bits per heavy atom. The van der Waals surface area contributed by atoms with Crippen molar-refractivity contribution in [3.8, 4) is 0 Å². The molecule has 1 aromatic heterocycles. The lowest BCUT2D eigenvalue weighted by atomic mass is 10.1. The van der Waals surface area contributed by atoms with Crippen LogP contribution < -0.4 is 10.2 Å². The minimum absolute atomic E-state index is 0.330. The van der Waals surface area contributed by atoms with Gasteiger partial charge in [0.25, 0.3) is 0 Å². The molecule has 6 nitrogen and oxygen atoms in total. The normalized spacial score (nSPS) is 14.0. The van der Waals surface area contributed by atoms with E-state index < -0.39 is 0 Å². The third kappa shape index (κ3) is 3.22. The fraction of sp³-hybridized carbons (Fsp3) is 0.444. The van der Waals surface area contributed by atoms with Crippen LogP contribution in [0.4, 0.5) is 11.4 Å². The number of hydrogen-bond acceptors (Lipinski definition) is 6. The maximum Gasteiger partial charge on any atom is 0.337 e. The van der Waals surface area contributed by atoms with Crippen molar-refractivity contribution in [3.63, 3.8) is 0 Å². The summed E-state index contributed by atoms with van der Waals surface area (Å²) in [4.78, 5) is 14.2. The zero-order chi connectivity index (χ0) is 17.1. The second kappa shape index (κ2) is 6.95. The Morgan fingerprint density at radius 2 is 2.08 bits per heavy atom. The predicted octanol–water partition coefficient (Wildman–Crippen LogP) is 3.29. The number of benzene rings is 1. The van der Waals surface area contributed by atoms with E-state index in [0.29, 0.717) is 12.1 Å². The van der Waals surface area contributed by atoms with E-state index in [2.05, 4.69) is 15.4 Å². The van der Waals surface area contributed by atoms with Gasteiger partial charge in [-0.25, -0.2) is 4.79 Å². The number of hydrogen-bond donors (Lipinski definition) is 1. The molecular formula is C18H23N3O3. The molecule has 1 fully saturated rings. The number of methoxy groups -OCH3 is 1. The maximum absolute atomic E-state index is 11.9. The van der Waals surface area contributed by atoms with Crippen LogP contribution in [-0.4, -0.2) is 31.3 Å². The molecule has 2 heterocycles. The summed E-state index contributed by atoms with van der Waals surface area (Å²) in [5.41, 5.74) is 4.52. The molecule has 0 amide bonds. The van der Waals surface area contributed by atoms with Gasteiger partial charge in [-0.15, -0.1) is 0 Å². The fourth-order valence-corrected chi connectivity index (χ4v) is 3.09. The number of nitrogens with zero attached hydrogens (tertiary/aromatic N) is 2. The summed E-state index contributed by atoms with van der Waals surface area (Å²) in [5.74, 6) is 0.482. The monoisotopic (exact) mass is 329 g/mol. The smallest absolute Gasteiger partial charge is 0.337 e. The molecule has 1 aromatic carbocycles. The molecule has 0 saturated carbocycles. The SMILES string of the molecule is COC(=O)c1ccc(N2CCCC2)c(NCc2c(C)noc2C)c1. The standard InChI is InChI=1S/C18H23N3O3/c1-12-15(13(2)24-20-12)11-19-16-10-14(18(22)23-3)6-7-17(16)21-8-4-5-9-21/h6-7,10,19H,4-5,8-9,11H2,1-3H3. The molecule has 24 heavy (non-hydrogen) atoms. The molecule has 1 aliphatic heterocycles. The highest BCUT2D eigenvalue weighted by Crippen LogP contribution is 2.31. The molecule has 0 atom stereocenters. The van der Waals surface area contributed by atoms with Crippen molar-refractivity contribution in [2.75, 3.05) is 30.4 Å². The van der Waals surface area contributed by atoms with Crippen molar-refractivity contribution in [2.45, 2.75) is 33.2 Å². The third-order valence-corrected chi connectivity index (χ3v) is 4.50. The predicted molar refractivity (Wildman–Crippen MR) is 92.5 cm³/mol. The summed E-state index contributed by atoms with van der Waals surface area (Å²) in [6, 6.07) is 5.67. The topological polar surface area (TPSA) is 67.6 Å². The van der Waals surface area contributed by atoms with Crippen LogP contribution in [0.5, 0.6) is 0 Å². The average Bonchev–Trinajstić information content (AvgIpc) is 3.23. The van der Waals surface area contributed by atoms with Gasteiger partial charge in [-0.1, -0.05) is 5.16 Å². The van der Waals surface area contributed by atoms with Gasteiger partial charge in [0, 0.05) is 25.2 Å². The van der Waals surface area contributed by atoms with E-state index in [-0.39, 0.29) is 5.97 Å². The molecule has 128 valence electrons. The number of aryl methyl sites for hydroxylation is 2. The summed E-state index contributed by atoms with van der Waals surface area (Å²) in [5, 5.41) is 7.43. The molecule has 2 aromatic rings. The molecular weight excluding hydrogens is 306 g/mol. The largest absolute Gasteiger partial charge is 0.465 e. The maximum atomic E-state index is 11.9. The number of esters is 1. The summed E-state index contributed by atoms with van der Waals surface area (Å²) in [7, 11) is 1.40. The van der Waals surface area contributed by atoms with E-state index in [1.807, 2.05) is 32.0 Å². The highest BCUT2D eigenvalue weighted by atomic mass is 16.5. The van der Waals surface area contributed by atoms with E-state index in [0.717, 1.165) is 41.5 Å². The van der Waals surface area contributed by atoms with E-state index in [1.54, 1.807) is 0 Å². The van der Waals surface area contributed by atoms with Crippen molar-refractivity contribution < 1.29 is 14.1 Å². The fourth-order valence-electron chi connectivity index (χ4n) is 3.09. The van der Waals surface area contributed by atoms with Crippen molar-refractivity contribution in [2.24, 2.45) is 0 Å². The first kappa shape index (κ1) is 16.4. The van der Waals surface area contributed by atoms with Crippen LogP contribution in [0.3, 0.4) is 0 Å². The zero-order valence-corrected chi connectivity index (χ0v) is 14.4. The van der Waals surface area contributed by atoms with Crippen LogP contribution in [0.1, 0.15) is 40.2 Å². The Kier molecular flexibility index (Phi) is 4.74. The van der Waals surface area contributed by atoms with Crippen LogP contribution in [0.15, 0.2) is 22.7 Å². The first-order valence-electron chi connectivity index (χ1n) is 8.23. The van der Waals surface area contributed by atoms with E-state index in [9.17, 15) is 4.79 Å². The molecule has 0 unspecified atom stereocenters. The van der Waals surface area contributed by atoms with Gasteiger partial charge in [-0.3, -0.25) is 0 Å². The number of carbonyl (C=O) groups is 1. The molecule has 0 radical (unpaired) electrons. The Bertz CT molecular complexity index is 714. The number of anilines is 2. The lowest BCUT2D eigenvalue weighted by Gasteiger charge is -2.22. The average molecular weight is 329 g/mol. The van der Waals surface area contributed by atoms with Crippen LogP contribution in [0.2, 0.25) is 0 Å². The Labute approximate surface area is 141 Å². The summed E-state index contributed by atoms with van der Waals surface area (Å²) >= 11 is 0. The van der Waals surface area contributed by atoms with Gasteiger partial charge < -0.3 is 19.5 Å². The van der Waals surface area contributed by atoms with Crippen LogP contribution >= 0.6 is 0 Å². The molecule has 1 N–H and O–H groups in total. The van der Waals surface area contributed by atoms with Gasteiger partial charge in [0.1, 0.15) is 5.76 Å². The van der Waals surface area contributed by atoms with E-state index in [4.69, 9.17) is 9.26 Å². The van der Waals surface area contributed by atoms with Crippen molar-refractivity contribution in [3.05, 3.63) is 40.8 Å². The molecule has 0 aliphatic carbocycles. The first-order chi connectivity index (χ1) is 11.6. The van der Waals surface area contributed by atoms with Crippen molar-refractivity contribution in [1.82, 2.24) is 5.16 Å². The third-order valence-electron chi connectivity index (χ3n) is 4.50. The number of aromatic nitrogens is 1. The van der Waals surface area contributed by atoms with Crippen molar-refractivity contribution in [1.29, 1.82) is 0 Å². The van der Waals surface area contributed by atoms with E-state index >= 15 is 0 Å². The summed E-state index contributed by atoms with van der Waals surface area (Å²) in [6.07, 6.45) is 2.39. The number of carbonyl (C=O) groups excluding carboxylic acids is 1. The van der Waals surface area contributed by atoms with Gasteiger partial charge in [-0.05, 0) is 44.9 Å². The highest BCUT2D eigenvalue weighted by Gasteiger charge is 2.18. The minimum Gasteiger partial charge on any atom is -0.465 e. The molecule has 1 saturated heterocycles. The highest BCUT2D eigenvalue weighted by molar-refractivity contribution is 5.92. The van der Waals surface area contributed by atoms with Crippen molar-refractivity contribution >= 4 is 17.3 Å². The van der Waals surface area contributed by atoms with Crippen LogP contribution in [0.25, 0.3) is 0 Å². The second-order valence-electron chi connectivity index (χ2n) is 6.07. The van der Waals surface area contributed by atoms with Crippen LogP contribution in [-0.2, 0) is 11.3 Å². The molecule has 0 spiro atoms. The molecule has 3 rings (SSSR count). The number of nitrogens with one attached hydrogen (secondary N) is 1. The Morgan fingerprint density at radius 1 is 1.33 bits per heavy atom.